The molecule has 2 nitrogen and oxygen atoms in total. The standard InChI is InChI=1S/C21H15NO/c1-3-8-16(9-4-1)18-12-7-13-19(21-22-14-15-23-21)20(18)17-10-5-2-6-11-17/h1-15H. The number of benzene rings is 3. The van der Waals surface area contributed by atoms with Gasteiger partial charge in [0.25, 0.3) is 0 Å². The largest absolute Gasteiger partial charge is 0.445 e. The van der Waals surface area contributed by atoms with Gasteiger partial charge in [-0.2, -0.15) is 0 Å². The van der Waals surface area contributed by atoms with E-state index in [4.69, 9.17) is 4.42 Å². The summed E-state index contributed by atoms with van der Waals surface area (Å²) >= 11 is 0. The summed E-state index contributed by atoms with van der Waals surface area (Å²) in [7, 11) is 0. The third kappa shape index (κ3) is 2.55. The predicted octanol–water partition coefficient (Wildman–Crippen LogP) is 5.68. The van der Waals surface area contributed by atoms with E-state index in [9.17, 15) is 0 Å². The van der Waals surface area contributed by atoms with Crippen molar-refractivity contribution in [1.82, 2.24) is 4.98 Å². The molecule has 0 unspecified atom stereocenters. The molecular weight excluding hydrogens is 282 g/mol. The topological polar surface area (TPSA) is 26.0 Å². The first-order valence-corrected chi connectivity index (χ1v) is 7.57. The van der Waals surface area contributed by atoms with Gasteiger partial charge in [0.05, 0.1) is 6.20 Å². The predicted molar refractivity (Wildman–Crippen MR) is 92.8 cm³/mol. The van der Waals surface area contributed by atoms with Gasteiger partial charge in [0.2, 0.25) is 5.89 Å². The number of rotatable bonds is 3. The van der Waals surface area contributed by atoms with E-state index in [0.717, 1.165) is 16.7 Å². The van der Waals surface area contributed by atoms with Gasteiger partial charge in [-0.3, -0.25) is 0 Å². The monoisotopic (exact) mass is 297 g/mol. The highest BCUT2D eigenvalue weighted by Gasteiger charge is 2.15. The highest BCUT2D eigenvalue weighted by molar-refractivity contribution is 5.92. The molecule has 0 atom stereocenters. The zero-order valence-corrected chi connectivity index (χ0v) is 12.5. The minimum absolute atomic E-state index is 0.640. The fraction of sp³-hybridized carbons (Fsp3) is 0. The third-order valence-corrected chi connectivity index (χ3v) is 3.87. The molecule has 0 fully saturated rings. The number of aromatic nitrogens is 1. The Bertz CT molecular complexity index is 897. The smallest absolute Gasteiger partial charge is 0.226 e. The second kappa shape index (κ2) is 5.93. The van der Waals surface area contributed by atoms with Crippen molar-refractivity contribution in [3.05, 3.63) is 91.3 Å². The lowest BCUT2D eigenvalue weighted by molar-refractivity contribution is 0.575. The van der Waals surface area contributed by atoms with Gasteiger partial charge in [0.15, 0.2) is 0 Å². The Labute approximate surface area is 135 Å². The Kier molecular flexibility index (Phi) is 3.49. The SMILES string of the molecule is c1ccc(-c2cccc(-c3ncco3)c2-c2ccccc2)cc1. The van der Waals surface area contributed by atoms with Crippen molar-refractivity contribution < 1.29 is 4.42 Å². The van der Waals surface area contributed by atoms with Crippen molar-refractivity contribution in [2.75, 3.05) is 0 Å². The molecule has 0 amide bonds. The van der Waals surface area contributed by atoms with Gasteiger partial charge in [0, 0.05) is 11.1 Å². The molecule has 0 radical (unpaired) electrons. The van der Waals surface area contributed by atoms with Crippen LogP contribution in [-0.2, 0) is 0 Å². The van der Waals surface area contributed by atoms with E-state index in [1.807, 2.05) is 18.2 Å². The lowest BCUT2D eigenvalue weighted by atomic mass is 9.90. The molecule has 2 heteroatoms. The number of hydrogen-bond acceptors (Lipinski definition) is 2. The highest BCUT2D eigenvalue weighted by Crippen LogP contribution is 2.39. The fourth-order valence-corrected chi connectivity index (χ4v) is 2.86. The van der Waals surface area contributed by atoms with Crippen molar-refractivity contribution in [3.8, 4) is 33.7 Å². The molecule has 0 aliphatic carbocycles. The molecule has 0 saturated heterocycles. The molecule has 23 heavy (non-hydrogen) atoms. The fourth-order valence-electron chi connectivity index (χ4n) is 2.86. The summed E-state index contributed by atoms with van der Waals surface area (Å²) in [6.07, 6.45) is 3.29. The van der Waals surface area contributed by atoms with Crippen molar-refractivity contribution in [2.24, 2.45) is 0 Å². The zero-order chi connectivity index (χ0) is 15.5. The van der Waals surface area contributed by atoms with Crippen LogP contribution in [0.25, 0.3) is 33.7 Å². The van der Waals surface area contributed by atoms with Gasteiger partial charge in [-0.1, -0.05) is 72.8 Å². The Balaban J connectivity index is 2.02. The van der Waals surface area contributed by atoms with Crippen molar-refractivity contribution in [1.29, 1.82) is 0 Å². The van der Waals surface area contributed by atoms with Crippen LogP contribution in [0.1, 0.15) is 0 Å². The van der Waals surface area contributed by atoms with E-state index >= 15 is 0 Å². The van der Waals surface area contributed by atoms with Gasteiger partial charge < -0.3 is 4.42 Å². The maximum atomic E-state index is 5.56. The molecule has 1 aromatic heterocycles. The van der Waals surface area contributed by atoms with Crippen LogP contribution in [0.3, 0.4) is 0 Å². The summed E-state index contributed by atoms with van der Waals surface area (Å²) in [5.41, 5.74) is 5.65. The van der Waals surface area contributed by atoms with Gasteiger partial charge >= 0.3 is 0 Å². The molecule has 0 aliphatic rings. The Morgan fingerprint density at radius 2 is 1.26 bits per heavy atom. The first-order valence-electron chi connectivity index (χ1n) is 7.57. The van der Waals surface area contributed by atoms with Crippen LogP contribution in [0.15, 0.2) is 95.7 Å². The van der Waals surface area contributed by atoms with Gasteiger partial charge in [-0.25, -0.2) is 4.98 Å². The molecule has 1 heterocycles. The number of hydrogen-bond donors (Lipinski definition) is 0. The van der Waals surface area contributed by atoms with E-state index in [0.29, 0.717) is 5.89 Å². The van der Waals surface area contributed by atoms with Gasteiger partial charge in [0.1, 0.15) is 6.26 Å². The number of oxazole rings is 1. The van der Waals surface area contributed by atoms with Crippen molar-refractivity contribution in [2.45, 2.75) is 0 Å². The Hall–Kier alpha value is -3.13. The van der Waals surface area contributed by atoms with Crippen LogP contribution in [0.2, 0.25) is 0 Å². The number of nitrogens with zero attached hydrogens (tertiary/aromatic N) is 1. The molecule has 0 aliphatic heterocycles. The van der Waals surface area contributed by atoms with E-state index < -0.39 is 0 Å². The van der Waals surface area contributed by atoms with E-state index in [2.05, 4.69) is 65.6 Å². The van der Waals surface area contributed by atoms with E-state index in [-0.39, 0.29) is 0 Å². The minimum atomic E-state index is 0.640. The average molecular weight is 297 g/mol. The summed E-state index contributed by atoms with van der Waals surface area (Å²) in [6, 6.07) is 27.0. The summed E-state index contributed by atoms with van der Waals surface area (Å²) in [6.45, 7) is 0. The Morgan fingerprint density at radius 3 is 1.91 bits per heavy atom. The van der Waals surface area contributed by atoms with Crippen LogP contribution in [0.4, 0.5) is 0 Å². The minimum Gasteiger partial charge on any atom is -0.445 e. The normalized spacial score (nSPS) is 10.6. The van der Waals surface area contributed by atoms with Crippen LogP contribution in [0.5, 0.6) is 0 Å². The summed E-state index contributed by atoms with van der Waals surface area (Å²) in [5, 5.41) is 0. The maximum Gasteiger partial charge on any atom is 0.226 e. The highest BCUT2D eigenvalue weighted by atomic mass is 16.3. The molecule has 0 bridgehead atoms. The van der Waals surface area contributed by atoms with Crippen LogP contribution >= 0.6 is 0 Å². The molecule has 4 aromatic rings. The quantitative estimate of drug-likeness (QED) is 0.486. The van der Waals surface area contributed by atoms with Crippen LogP contribution in [0, 0.1) is 0 Å². The maximum absolute atomic E-state index is 5.56. The molecule has 0 N–H and O–H groups in total. The summed E-state index contributed by atoms with van der Waals surface area (Å²) in [4.78, 5) is 4.34. The lowest BCUT2D eigenvalue weighted by Crippen LogP contribution is -1.90. The zero-order valence-electron chi connectivity index (χ0n) is 12.5. The molecule has 0 spiro atoms. The molecule has 110 valence electrons. The summed E-state index contributed by atoms with van der Waals surface area (Å²) < 4.78 is 5.56. The van der Waals surface area contributed by atoms with E-state index in [1.165, 1.54) is 11.1 Å². The third-order valence-electron chi connectivity index (χ3n) is 3.87. The molecule has 0 saturated carbocycles. The first-order chi connectivity index (χ1) is 11.4. The average Bonchev–Trinajstić information content (AvgIpc) is 3.17. The van der Waals surface area contributed by atoms with Crippen LogP contribution in [-0.4, -0.2) is 4.98 Å². The second-order valence-electron chi connectivity index (χ2n) is 5.30. The van der Waals surface area contributed by atoms with Gasteiger partial charge in [-0.15, -0.1) is 0 Å². The molecule has 4 rings (SSSR count). The Morgan fingerprint density at radius 1 is 0.609 bits per heavy atom. The van der Waals surface area contributed by atoms with E-state index in [1.54, 1.807) is 12.5 Å². The second-order valence-corrected chi connectivity index (χ2v) is 5.30. The molecular formula is C21H15NO. The van der Waals surface area contributed by atoms with Crippen molar-refractivity contribution in [3.63, 3.8) is 0 Å². The molecule has 3 aromatic carbocycles. The van der Waals surface area contributed by atoms with Crippen LogP contribution < -0.4 is 0 Å². The lowest BCUT2D eigenvalue weighted by Gasteiger charge is -2.14. The first kappa shape index (κ1) is 13.5. The van der Waals surface area contributed by atoms with Crippen molar-refractivity contribution >= 4 is 0 Å². The summed E-state index contributed by atoms with van der Waals surface area (Å²) in [5.74, 6) is 0.640. The van der Waals surface area contributed by atoms with Gasteiger partial charge in [-0.05, 0) is 22.8 Å².